The Bertz CT molecular complexity index is 779. The van der Waals surface area contributed by atoms with Crippen molar-refractivity contribution in [3.05, 3.63) is 77.5 Å². The highest BCUT2D eigenvalue weighted by atomic mass is 14.9. The van der Waals surface area contributed by atoms with Gasteiger partial charge in [0.05, 0.1) is 5.52 Å². The predicted molar refractivity (Wildman–Crippen MR) is 86.1 cm³/mol. The van der Waals surface area contributed by atoms with Crippen LogP contribution in [-0.2, 0) is 13.0 Å². The minimum Gasteiger partial charge on any atom is -0.306 e. The number of aryl methyl sites for hydroxylation is 1. The van der Waals surface area contributed by atoms with Gasteiger partial charge >= 0.3 is 0 Å². The molecule has 0 fully saturated rings. The van der Waals surface area contributed by atoms with Crippen molar-refractivity contribution in [3.8, 4) is 0 Å². The van der Waals surface area contributed by atoms with E-state index in [0.29, 0.717) is 6.04 Å². The molecular formula is C19H18N2. The van der Waals surface area contributed by atoms with Gasteiger partial charge in [-0.25, -0.2) is 0 Å². The Morgan fingerprint density at radius 3 is 3.00 bits per heavy atom. The molecule has 21 heavy (non-hydrogen) atoms. The van der Waals surface area contributed by atoms with E-state index < -0.39 is 0 Å². The van der Waals surface area contributed by atoms with Gasteiger partial charge < -0.3 is 5.32 Å². The van der Waals surface area contributed by atoms with Gasteiger partial charge in [-0.2, -0.15) is 0 Å². The minimum absolute atomic E-state index is 0.491. The number of nitrogens with zero attached hydrogens (tertiary/aromatic N) is 1. The number of pyridine rings is 1. The number of hydrogen-bond donors (Lipinski definition) is 1. The molecule has 1 N–H and O–H groups in total. The van der Waals surface area contributed by atoms with E-state index in [0.717, 1.165) is 12.1 Å². The van der Waals surface area contributed by atoms with E-state index in [4.69, 9.17) is 0 Å². The van der Waals surface area contributed by atoms with E-state index in [1.807, 2.05) is 12.3 Å². The second-order valence-electron chi connectivity index (χ2n) is 5.70. The Hall–Kier alpha value is -2.19. The topological polar surface area (TPSA) is 24.9 Å². The summed E-state index contributed by atoms with van der Waals surface area (Å²) in [4.78, 5) is 4.37. The summed E-state index contributed by atoms with van der Waals surface area (Å²) in [5.74, 6) is 0. The van der Waals surface area contributed by atoms with Crippen LogP contribution in [0.3, 0.4) is 0 Å². The highest BCUT2D eigenvalue weighted by Crippen LogP contribution is 2.30. The first-order valence-electron chi connectivity index (χ1n) is 7.55. The van der Waals surface area contributed by atoms with Gasteiger partial charge in [0.2, 0.25) is 0 Å². The van der Waals surface area contributed by atoms with Crippen LogP contribution in [0, 0.1) is 0 Å². The molecule has 0 bridgehead atoms. The number of hydrogen-bond acceptors (Lipinski definition) is 2. The second-order valence-corrected chi connectivity index (χ2v) is 5.70. The maximum Gasteiger partial charge on any atom is 0.0702 e. The summed E-state index contributed by atoms with van der Waals surface area (Å²) in [6.07, 6.45) is 4.24. The van der Waals surface area contributed by atoms with Crippen LogP contribution < -0.4 is 5.32 Å². The normalized spacial score (nSPS) is 17.0. The third kappa shape index (κ3) is 2.43. The van der Waals surface area contributed by atoms with Gasteiger partial charge in [-0.05, 0) is 47.7 Å². The highest BCUT2D eigenvalue weighted by Gasteiger charge is 2.20. The smallest absolute Gasteiger partial charge is 0.0702 e. The zero-order chi connectivity index (χ0) is 14.1. The fraction of sp³-hybridized carbons (Fsp3) is 0.211. The van der Waals surface area contributed by atoms with Gasteiger partial charge in [0.1, 0.15) is 0 Å². The van der Waals surface area contributed by atoms with Crippen LogP contribution in [0.25, 0.3) is 10.9 Å². The van der Waals surface area contributed by atoms with Gasteiger partial charge in [-0.15, -0.1) is 0 Å². The van der Waals surface area contributed by atoms with Gasteiger partial charge in [0, 0.05) is 24.2 Å². The van der Waals surface area contributed by atoms with Crippen LogP contribution in [0.5, 0.6) is 0 Å². The average molecular weight is 274 g/mol. The summed E-state index contributed by atoms with van der Waals surface area (Å²) in [5, 5.41) is 4.91. The largest absolute Gasteiger partial charge is 0.306 e. The fourth-order valence-electron chi connectivity index (χ4n) is 3.25. The first kappa shape index (κ1) is 12.5. The van der Waals surface area contributed by atoms with Crippen LogP contribution in [0.2, 0.25) is 0 Å². The van der Waals surface area contributed by atoms with Crippen LogP contribution in [0.15, 0.2) is 60.8 Å². The van der Waals surface area contributed by atoms with Gasteiger partial charge in [0.25, 0.3) is 0 Å². The maximum atomic E-state index is 4.37. The lowest BCUT2D eigenvalue weighted by Gasteiger charge is -2.14. The van der Waals surface area contributed by atoms with Gasteiger partial charge in [0.15, 0.2) is 0 Å². The summed E-state index contributed by atoms with van der Waals surface area (Å²) in [5.41, 5.74) is 5.35. The molecule has 1 heterocycles. The number of benzene rings is 2. The van der Waals surface area contributed by atoms with Gasteiger partial charge in [-0.3, -0.25) is 4.98 Å². The Balaban J connectivity index is 1.51. The molecule has 1 aliphatic carbocycles. The summed E-state index contributed by atoms with van der Waals surface area (Å²) in [7, 11) is 0. The third-order valence-corrected chi connectivity index (χ3v) is 4.35. The highest BCUT2D eigenvalue weighted by molar-refractivity contribution is 5.78. The zero-order valence-electron chi connectivity index (χ0n) is 11.9. The molecule has 0 aliphatic heterocycles. The van der Waals surface area contributed by atoms with E-state index in [9.17, 15) is 0 Å². The molecule has 4 rings (SSSR count). The lowest BCUT2D eigenvalue weighted by Crippen LogP contribution is -2.18. The van der Waals surface area contributed by atoms with Crippen molar-refractivity contribution in [2.75, 3.05) is 0 Å². The van der Waals surface area contributed by atoms with Crippen LogP contribution in [-0.4, -0.2) is 4.98 Å². The molecule has 2 heteroatoms. The number of rotatable bonds is 3. The van der Waals surface area contributed by atoms with Crippen molar-refractivity contribution >= 4 is 10.9 Å². The molecule has 0 saturated carbocycles. The lowest BCUT2D eigenvalue weighted by atomic mass is 10.1. The molecular weight excluding hydrogens is 256 g/mol. The molecule has 1 atom stereocenters. The minimum atomic E-state index is 0.491. The monoisotopic (exact) mass is 274 g/mol. The molecule has 0 amide bonds. The van der Waals surface area contributed by atoms with E-state index in [2.05, 4.69) is 58.8 Å². The summed E-state index contributed by atoms with van der Waals surface area (Å²) >= 11 is 0. The van der Waals surface area contributed by atoms with Crippen molar-refractivity contribution in [3.63, 3.8) is 0 Å². The van der Waals surface area contributed by atoms with Gasteiger partial charge in [-0.1, -0.05) is 36.4 Å². The third-order valence-electron chi connectivity index (χ3n) is 4.35. The van der Waals surface area contributed by atoms with Crippen molar-refractivity contribution in [1.82, 2.24) is 10.3 Å². The summed E-state index contributed by atoms with van der Waals surface area (Å²) in [6.45, 7) is 0.907. The molecule has 1 aliphatic rings. The Labute approximate surface area is 124 Å². The molecule has 2 aromatic carbocycles. The van der Waals surface area contributed by atoms with Crippen LogP contribution in [0.4, 0.5) is 0 Å². The van der Waals surface area contributed by atoms with E-state index in [1.54, 1.807) is 0 Å². The first-order valence-corrected chi connectivity index (χ1v) is 7.55. The number of nitrogens with one attached hydrogen (secondary N) is 1. The molecule has 1 aromatic heterocycles. The Kier molecular flexibility index (Phi) is 3.17. The van der Waals surface area contributed by atoms with Crippen molar-refractivity contribution in [1.29, 1.82) is 0 Å². The number of aromatic nitrogens is 1. The zero-order valence-corrected chi connectivity index (χ0v) is 11.9. The van der Waals surface area contributed by atoms with E-state index in [-0.39, 0.29) is 0 Å². The van der Waals surface area contributed by atoms with E-state index >= 15 is 0 Å². The van der Waals surface area contributed by atoms with Crippen molar-refractivity contribution in [2.24, 2.45) is 0 Å². The molecule has 3 aromatic rings. The van der Waals surface area contributed by atoms with Crippen LogP contribution in [0.1, 0.15) is 29.2 Å². The van der Waals surface area contributed by atoms with Crippen LogP contribution >= 0.6 is 0 Å². The van der Waals surface area contributed by atoms with E-state index in [1.165, 1.54) is 34.9 Å². The molecule has 104 valence electrons. The Morgan fingerprint density at radius 2 is 2.00 bits per heavy atom. The molecule has 0 saturated heterocycles. The second kappa shape index (κ2) is 5.30. The predicted octanol–water partition coefficient (Wildman–Crippen LogP) is 4.01. The average Bonchev–Trinajstić information content (AvgIpc) is 2.96. The molecule has 1 unspecified atom stereocenters. The Morgan fingerprint density at radius 1 is 1.05 bits per heavy atom. The fourth-order valence-corrected chi connectivity index (χ4v) is 3.25. The SMILES string of the molecule is c1ccc2c(c1)CCC2NCc1ccc2ncccc2c1. The molecule has 2 nitrogen and oxygen atoms in total. The van der Waals surface area contributed by atoms with Crippen molar-refractivity contribution < 1.29 is 0 Å². The quantitative estimate of drug-likeness (QED) is 0.780. The standard InChI is InChI=1S/C19H18N2/c1-2-6-17-15(4-1)8-10-19(17)21-13-14-7-9-18-16(12-14)5-3-11-20-18/h1-7,9,11-12,19,21H,8,10,13H2. The summed E-state index contributed by atoms with van der Waals surface area (Å²) < 4.78 is 0. The summed E-state index contributed by atoms with van der Waals surface area (Å²) in [6, 6.07) is 19.9. The van der Waals surface area contributed by atoms with Crippen molar-refractivity contribution in [2.45, 2.75) is 25.4 Å². The maximum absolute atomic E-state index is 4.37. The first-order chi connectivity index (χ1) is 10.4. The number of fused-ring (bicyclic) bond motifs is 2. The molecule has 0 radical (unpaired) electrons. The molecule has 0 spiro atoms. The lowest BCUT2D eigenvalue weighted by molar-refractivity contribution is 0.530.